The predicted molar refractivity (Wildman–Crippen MR) is 101 cm³/mol. The molecule has 0 saturated heterocycles. The van der Waals surface area contributed by atoms with Crippen LogP contribution in [0.1, 0.15) is 44.4 Å². The predicted octanol–water partition coefficient (Wildman–Crippen LogP) is 4.22. The lowest BCUT2D eigenvalue weighted by atomic mass is 9.71. The summed E-state index contributed by atoms with van der Waals surface area (Å²) in [6, 6.07) is 5.54. The Morgan fingerprint density at radius 2 is 2.00 bits per heavy atom. The number of nitrogens with one attached hydrogen (secondary N) is 1. The van der Waals surface area contributed by atoms with Crippen LogP contribution < -0.4 is 11.1 Å². The summed E-state index contributed by atoms with van der Waals surface area (Å²) in [5.74, 6) is 0.658. The molecule has 3 N–H and O–H groups in total. The number of rotatable bonds is 4. The van der Waals surface area contributed by atoms with Crippen molar-refractivity contribution in [2.24, 2.45) is 11.1 Å². The Morgan fingerprint density at radius 3 is 2.67 bits per heavy atom. The van der Waals surface area contributed by atoms with Crippen molar-refractivity contribution in [3.8, 4) is 0 Å². The number of halogens is 2. The maximum absolute atomic E-state index is 12.4. The summed E-state index contributed by atoms with van der Waals surface area (Å²) in [4.78, 5) is 16.6. The zero-order valence-electron chi connectivity index (χ0n) is 13.8. The zero-order chi connectivity index (χ0) is 15.6. The smallest absolute Gasteiger partial charge is 0.224 e. The van der Waals surface area contributed by atoms with Crippen LogP contribution in [0.25, 0.3) is 11.1 Å². The second-order valence-electron chi connectivity index (χ2n) is 6.41. The summed E-state index contributed by atoms with van der Waals surface area (Å²) >= 11 is 0. The third-order valence-corrected chi connectivity index (χ3v) is 4.66. The number of carbonyl (C=O) groups excluding carboxylic acids is 1. The van der Waals surface area contributed by atoms with E-state index in [1.165, 1.54) is 19.3 Å². The van der Waals surface area contributed by atoms with Crippen LogP contribution in [0, 0.1) is 12.3 Å². The van der Waals surface area contributed by atoms with E-state index < -0.39 is 0 Å². The highest BCUT2D eigenvalue weighted by Crippen LogP contribution is 2.38. The first-order valence-electron chi connectivity index (χ1n) is 7.97. The third kappa shape index (κ3) is 4.62. The van der Waals surface area contributed by atoms with Crippen LogP contribution in [0.15, 0.2) is 22.6 Å². The summed E-state index contributed by atoms with van der Waals surface area (Å²) in [6.45, 7) is 2.40. The number of nitrogens with zero attached hydrogens (tertiary/aromatic N) is 1. The van der Waals surface area contributed by atoms with E-state index in [0.29, 0.717) is 24.4 Å². The Balaban J connectivity index is 0.00000144. The summed E-state index contributed by atoms with van der Waals surface area (Å²) in [7, 11) is 0. The van der Waals surface area contributed by atoms with Crippen molar-refractivity contribution >= 4 is 47.5 Å². The number of benzene rings is 1. The molecule has 0 radical (unpaired) electrons. The number of fused-ring (bicyclic) bond motifs is 1. The van der Waals surface area contributed by atoms with Gasteiger partial charge in [-0.25, -0.2) is 4.98 Å². The molecule has 1 aliphatic carbocycles. The molecule has 3 rings (SSSR count). The molecular weight excluding hydrogens is 349 g/mol. The minimum Gasteiger partial charge on any atom is -0.441 e. The van der Waals surface area contributed by atoms with E-state index in [0.717, 1.165) is 24.0 Å². The van der Waals surface area contributed by atoms with Gasteiger partial charge in [0.05, 0.1) is 0 Å². The molecule has 1 aromatic heterocycles. The summed E-state index contributed by atoms with van der Waals surface area (Å²) in [6.07, 6.45) is 6.21. The molecule has 0 unspecified atom stereocenters. The van der Waals surface area contributed by atoms with Gasteiger partial charge in [-0.2, -0.15) is 0 Å². The number of amides is 1. The van der Waals surface area contributed by atoms with Crippen molar-refractivity contribution in [2.45, 2.75) is 45.4 Å². The molecule has 134 valence electrons. The van der Waals surface area contributed by atoms with Gasteiger partial charge < -0.3 is 15.5 Å². The van der Waals surface area contributed by atoms with Gasteiger partial charge in [0.1, 0.15) is 5.52 Å². The second kappa shape index (κ2) is 8.70. The molecule has 1 aromatic carbocycles. The van der Waals surface area contributed by atoms with Gasteiger partial charge in [-0.05, 0) is 36.9 Å². The van der Waals surface area contributed by atoms with Gasteiger partial charge >= 0.3 is 0 Å². The van der Waals surface area contributed by atoms with Crippen LogP contribution in [-0.2, 0) is 4.79 Å². The molecule has 24 heavy (non-hydrogen) atoms. The highest BCUT2D eigenvalue weighted by molar-refractivity contribution is 5.93. The van der Waals surface area contributed by atoms with Gasteiger partial charge in [-0.3, -0.25) is 4.79 Å². The maximum Gasteiger partial charge on any atom is 0.224 e. The van der Waals surface area contributed by atoms with Crippen LogP contribution >= 0.6 is 24.8 Å². The monoisotopic (exact) mass is 373 g/mol. The number of hydrogen-bond acceptors (Lipinski definition) is 4. The number of nitrogens with two attached hydrogens (primary N) is 1. The summed E-state index contributed by atoms with van der Waals surface area (Å²) in [5, 5.41) is 2.97. The van der Waals surface area contributed by atoms with Gasteiger partial charge in [0, 0.05) is 25.1 Å². The van der Waals surface area contributed by atoms with E-state index in [1.54, 1.807) is 0 Å². The van der Waals surface area contributed by atoms with Crippen LogP contribution in [0.4, 0.5) is 5.69 Å². The van der Waals surface area contributed by atoms with Crippen LogP contribution in [0.2, 0.25) is 0 Å². The highest BCUT2D eigenvalue weighted by atomic mass is 35.5. The minimum atomic E-state index is -0.0186. The molecule has 0 bridgehead atoms. The summed E-state index contributed by atoms with van der Waals surface area (Å²) < 4.78 is 5.50. The fourth-order valence-corrected chi connectivity index (χ4v) is 3.42. The van der Waals surface area contributed by atoms with E-state index >= 15 is 0 Å². The van der Waals surface area contributed by atoms with Gasteiger partial charge in [0.15, 0.2) is 11.5 Å². The standard InChI is InChI=1S/C17H23N3O2.2ClH/c1-12-19-14-6-5-13(9-15(14)22-12)20-16(21)10-17(11-18)7-3-2-4-8-17;;/h5-6,9H,2-4,7-8,10-11,18H2,1H3,(H,20,21);2*1H. The van der Waals surface area contributed by atoms with Gasteiger partial charge in [-0.15, -0.1) is 24.8 Å². The van der Waals surface area contributed by atoms with E-state index in [1.807, 2.05) is 25.1 Å². The maximum atomic E-state index is 12.4. The van der Waals surface area contributed by atoms with E-state index in [4.69, 9.17) is 10.2 Å². The fourth-order valence-electron chi connectivity index (χ4n) is 3.42. The Hall–Kier alpha value is -1.30. The number of aryl methyl sites for hydroxylation is 1. The summed E-state index contributed by atoms with van der Waals surface area (Å²) in [5.41, 5.74) is 8.18. The average Bonchev–Trinajstić information content (AvgIpc) is 2.87. The molecule has 1 aliphatic rings. The Kier molecular flexibility index (Phi) is 7.52. The number of aromatic nitrogens is 1. The minimum absolute atomic E-state index is 0. The average molecular weight is 374 g/mol. The normalized spacial score (nSPS) is 16.1. The Bertz CT molecular complexity index is 682. The largest absolute Gasteiger partial charge is 0.441 e. The van der Waals surface area contributed by atoms with Crippen molar-refractivity contribution in [3.05, 3.63) is 24.1 Å². The van der Waals surface area contributed by atoms with E-state index in [9.17, 15) is 4.79 Å². The lowest BCUT2D eigenvalue weighted by Gasteiger charge is -2.35. The molecule has 0 aliphatic heterocycles. The van der Waals surface area contributed by atoms with Crippen molar-refractivity contribution < 1.29 is 9.21 Å². The molecule has 1 fully saturated rings. The molecule has 7 heteroatoms. The van der Waals surface area contributed by atoms with Crippen LogP contribution in [-0.4, -0.2) is 17.4 Å². The first-order chi connectivity index (χ1) is 10.6. The number of anilines is 1. The van der Waals surface area contributed by atoms with E-state index in [-0.39, 0.29) is 36.1 Å². The lowest BCUT2D eigenvalue weighted by Crippen LogP contribution is -2.36. The SMILES string of the molecule is Cc1nc2ccc(NC(=O)CC3(CN)CCCCC3)cc2o1.Cl.Cl. The zero-order valence-corrected chi connectivity index (χ0v) is 15.5. The van der Waals surface area contributed by atoms with Crippen molar-refractivity contribution in [1.82, 2.24) is 4.98 Å². The first-order valence-corrected chi connectivity index (χ1v) is 7.97. The third-order valence-electron chi connectivity index (χ3n) is 4.66. The van der Waals surface area contributed by atoms with Gasteiger partial charge in [0.2, 0.25) is 5.91 Å². The molecule has 0 atom stereocenters. The topological polar surface area (TPSA) is 81.2 Å². The van der Waals surface area contributed by atoms with Crippen molar-refractivity contribution in [3.63, 3.8) is 0 Å². The molecule has 0 spiro atoms. The van der Waals surface area contributed by atoms with Crippen LogP contribution in [0.5, 0.6) is 0 Å². The fraction of sp³-hybridized carbons (Fsp3) is 0.529. The van der Waals surface area contributed by atoms with Crippen LogP contribution in [0.3, 0.4) is 0 Å². The number of hydrogen-bond donors (Lipinski definition) is 2. The Morgan fingerprint density at radius 1 is 1.29 bits per heavy atom. The van der Waals surface area contributed by atoms with Gasteiger partial charge in [-0.1, -0.05) is 19.3 Å². The number of oxazole rings is 1. The molecular formula is C17H25Cl2N3O2. The molecule has 5 nitrogen and oxygen atoms in total. The van der Waals surface area contributed by atoms with E-state index in [2.05, 4.69) is 10.3 Å². The van der Waals surface area contributed by atoms with Gasteiger partial charge in [0.25, 0.3) is 0 Å². The molecule has 1 saturated carbocycles. The van der Waals surface area contributed by atoms with Crippen molar-refractivity contribution in [1.29, 1.82) is 0 Å². The molecule has 1 heterocycles. The first kappa shape index (κ1) is 20.7. The Labute approximate surface area is 154 Å². The molecule has 2 aromatic rings. The second-order valence-corrected chi connectivity index (χ2v) is 6.41. The highest BCUT2D eigenvalue weighted by Gasteiger charge is 2.32. The van der Waals surface area contributed by atoms with Crippen molar-refractivity contribution in [2.75, 3.05) is 11.9 Å². The lowest BCUT2D eigenvalue weighted by molar-refractivity contribution is -0.118. The quantitative estimate of drug-likeness (QED) is 0.840. The molecule has 1 amide bonds. The number of carbonyl (C=O) groups is 1.